The molecule has 0 spiro atoms. The fourth-order valence-corrected chi connectivity index (χ4v) is 2.76. The Morgan fingerprint density at radius 3 is 2.06 bits per heavy atom. The number of likely N-dealkylation sites (N-methyl/N-ethyl adjacent to an activating group) is 1. The number of hydrogen-bond acceptors (Lipinski definition) is 5. The average molecular weight is 425 g/mol. The van der Waals surface area contributed by atoms with Gasteiger partial charge in [-0.2, -0.15) is 0 Å². The Labute approximate surface area is 181 Å². The Hall–Kier alpha value is -3.68. The van der Waals surface area contributed by atoms with Crippen molar-refractivity contribution in [2.75, 3.05) is 30.3 Å². The Bertz CT molecular complexity index is 970. The van der Waals surface area contributed by atoms with Gasteiger partial charge in [-0.25, -0.2) is 4.79 Å². The monoisotopic (exact) mass is 425 g/mol. The number of hydrogen-bond donors (Lipinski definition) is 2. The smallest absolute Gasteiger partial charge is 0.338 e. The minimum Gasteiger partial charge on any atom is -0.452 e. The number of aryl methyl sites for hydroxylation is 2. The molecule has 2 N–H and O–H groups in total. The highest BCUT2D eigenvalue weighted by molar-refractivity contribution is 5.96. The highest BCUT2D eigenvalue weighted by atomic mass is 16.5. The van der Waals surface area contributed by atoms with Crippen molar-refractivity contribution in [2.24, 2.45) is 0 Å². The Balaban J connectivity index is 1.87. The van der Waals surface area contributed by atoms with E-state index in [2.05, 4.69) is 10.6 Å². The number of anilines is 2. The van der Waals surface area contributed by atoms with Crippen LogP contribution < -0.4 is 10.6 Å². The molecule has 0 saturated heterocycles. The van der Waals surface area contributed by atoms with E-state index < -0.39 is 18.5 Å². The molecule has 0 heterocycles. The molecule has 0 aliphatic heterocycles. The zero-order valence-electron chi connectivity index (χ0n) is 18.2. The van der Waals surface area contributed by atoms with Crippen LogP contribution in [0.25, 0.3) is 0 Å². The van der Waals surface area contributed by atoms with E-state index in [4.69, 9.17) is 4.74 Å². The van der Waals surface area contributed by atoms with Crippen LogP contribution in [-0.2, 0) is 19.1 Å². The van der Waals surface area contributed by atoms with Crippen LogP contribution in [0.2, 0.25) is 0 Å². The SMILES string of the molecule is CCN(CC(=O)Nc1ccc(NC(C)=O)cc1)C(=O)COC(=O)c1ccc(C)c(C)c1. The summed E-state index contributed by atoms with van der Waals surface area (Å²) in [5, 5.41) is 5.33. The third-order valence-corrected chi connectivity index (χ3v) is 4.63. The van der Waals surface area contributed by atoms with E-state index in [0.29, 0.717) is 16.9 Å². The molecule has 0 atom stereocenters. The lowest BCUT2D eigenvalue weighted by Gasteiger charge is -2.20. The Morgan fingerprint density at radius 1 is 0.903 bits per heavy atom. The van der Waals surface area contributed by atoms with Crippen molar-refractivity contribution >= 4 is 35.1 Å². The zero-order valence-corrected chi connectivity index (χ0v) is 18.2. The van der Waals surface area contributed by atoms with E-state index in [-0.39, 0.29) is 24.9 Å². The number of esters is 1. The molecule has 164 valence electrons. The van der Waals surface area contributed by atoms with E-state index in [1.165, 1.54) is 11.8 Å². The average Bonchev–Trinajstić information content (AvgIpc) is 2.73. The zero-order chi connectivity index (χ0) is 23.0. The predicted octanol–water partition coefficient (Wildman–Crippen LogP) is 2.91. The Kier molecular flexibility index (Phi) is 8.31. The van der Waals surface area contributed by atoms with E-state index in [9.17, 15) is 19.2 Å². The van der Waals surface area contributed by atoms with Crippen molar-refractivity contribution in [3.63, 3.8) is 0 Å². The topological polar surface area (TPSA) is 105 Å². The van der Waals surface area contributed by atoms with Gasteiger partial charge in [0.2, 0.25) is 11.8 Å². The molecule has 2 aromatic rings. The number of nitrogens with one attached hydrogen (secondary N) is 2. The van der Waals surface area contributed by atoms with Crippen LogP contribution in [0.3, 0.4) is 0 Å². The fraction of sp³-hybridized carbons (Fsp3) is 0.304. The van der Waals surface area contributed by atoms with Crippen molar-refractivity contribution in [1.82, 2.24) is 4.90 Å². The molecule has 0 saturated carbocycles. The molecule has 0 unspecified atom stereocenters. The van der Waals surface area contributed by atoms with Crippen LogP contribution >= 0.6 is 0 Å². The van der Waals surface area contributed by atoms with E-state index >= 15 is 0 Å². The number of benzene rings is 2. The lowest BCUT2D eigenvalue weighted by molar-refractivity contribution is -0.137. The minimum atomic E-state index is -0.587. The normalized spacial score (nSPS) is 10.2. The summed E-state index contributed by atoms with van der Waals surface area (Å²) in [4.78, 5) is 49.2. The standard InChI is InChI=1S/C23H27N3O5/c1-5-26(13-21(28)25-20-10-8-19(9-11-20)24-17(4)27)22(29)14-31-23(30)18-7-6-15(2)16(3)12-18/h6-12H,5,13-14H2,1-4H3,(H,24,27)(H,25,28). The first-order valence-electron chi connectivity index (χ1n) is 9.89. The largest absolute Gasteiger partial charge is 0.452 e. The van der Waals surface area contributed by atoms with Crippen LogP contribution in [0.5, 0.6) is 0 Å². The van der Waals surface area contributed by atoms with Gasteiger partial charge < -0.3 is 20.3 Å². The first-order valence-corrected chi connectivity index (χ1v) is 9.89. The molecule has 8 heteroatoms. The van der Waals surface area contributed by atoms with Crippen LogP contribution in [0.15, 0.2) is 42.5 Å². The molecule has 0 aliphatic carbocycles. The predicted molar refractivity (Wildman–Crippen MR) is 118 cm³/mol. The molecule has 0 fully saturated rings. The van der Waals surface area contributed by atoms with Gasteiger partial charge >= 0.3 is 5.97 Å². The second kappa shape index (κ2) is 10.9. The summed E-state index contributed by atoms with van der Waals surface area (Å²) in [6.07, 6.45) is 0. The van der Waals surface area contributed by atoms with Gasteiger partial charge in [-0.15, -0.1) is 0 Å². The molecule has 3 amide bonds. The number of ether oxygens (including phenoxy) is 1. The van der Waals surface area contributed by atoms with Gasteiger partial charge in [0.15, 0.2) is 6.61 Å². The van der Waals surface area contributed by atoms with Crippen LogP contribution in [0.1, 0.15) is 35.3 Å². The molecule has 0 bridgehead atoms. The molecular weight excluding hydrogens is 398 g/mol. The summed E-state index contributed by atoms with van der Waals surface area (Å²) in [5.74, 6) is -1.62. The van der Waals surface area contributed by atoms with Crippen LogP contribution in [0, 0.1) is 13.8 Å². The number of rotatable bonds is 8. The Morgan fingerprint density at radius 2 is 1.52 bits per heavy atom. The number of carbonyl (C=O) groups excluding carboxylic acids is 4. The maximum atomic E-state index is 12.4. The van der Waals surface area contributed by atoms with E-state index in [0.717, 1.165) is 11.1 Å². The van der Waals surface area contributed by atoms with Crippen LogP contribution in [-0.4, -0.2) is 48.3 Å². The number of amides is 3. The van der Waals surface area contributed by atoms with Crippen molar-refractivity contribution in [2.45, 2.75) is 27.7 Å². The lowest BCUT2D eigenvalue weighted by atomic mass is 10.1. The summed E-state index contributed by atoms with van der Waals surface area (Å²) in [5.41, 5.74) is 3.53. The maximum Gasteiger partial charge on any atom is 0.338 e. The van der Waals surface area contributed by atoms with Crippen molar-refractivity contribution < 1.29 is 23.9 Å². The van der Waals surface area contributed by atoms with E-state index in [1.54, 1.807) is 43.3 Å². The molecule has 0 aliphatic rings. The third kappa shape index (κ3) is 7.26. The molecule has 0 aromatic heterocycles. The quantitative estimate of drug-likeness (QED) is 0.633. The summed E-state index contributed by atoms with van der Waals surface area (Å²) in [6, 6.07) is 11.8. The maximum absolute atomic E-state index is 12.4. The van der Waals surface area contributed by atoms with Crippen molar-refractivity contribution in [3.8, 4) is 0 Å². The third-order valence-electron chi connectivity index (χ3n) is 4.63. The lowest BCUT2D eigenvalue weighted by Crippen LogP contribution is -2.40. The van der Waals surface area contributed by atoms with Crippen molar-refractivity contribution in [1.29, 1.82) is 0 Å². The first kappa shape index (κ1) is 23.6. The molecule has 8 nitrogen and oxygen atoms in total. The second-order valence-corrected chi connectivity index (χ2v) is 7.09. The van der Waals surface area contributed by atoms with E-state index in [1.807, 2.05) is 19.9 Å². The van der Waals surface area contributed by atoms with Gasteiger partial charge in [0.1, 0.15) is 0 Å². The first-order chi connectivity index (χ1) is 14.7. The van der Waals surface area contributed by atoms with Gasteiger partial charge in [0.05, 0.1) is 12.1 Å². The van der Waals surface area contributed by atoms with Crippen molar-refractivity contribution in [3.05, 3.63) is 59.2 Å². The molecule has 2 aromatic carbocycles. The van der Waals surface area contributed by atoms with Gasteiger partial charge in [0.25, 0.3) is 5.91 Å². The van der Waals surface area contributed by atoms with Gasteiger partial charge in [-0.05, 0) is 68.3 Å². The van der Waals surface area contributed by atoms with Gasteiger partial charge in [-0.3, -0.25) is 14.4 Å². The highest BCUT2D eigenvalue weighted by Crippen LogP contribution is 2.14. The summed E-state index contributed by atoms with van der Waals surface area (Å²) >= 11 is 0. The van der Waals surface area contributed by atoms with Gasteiger partial charge in [0, 0.05) is 24.8 Å². The highest BCUT2D eigenvalue weighted by Gasteiger charge is 2.18. The molecule has 0 radical (unpaired) electrons. The second-order valence-electron chi connectivity index (χ2n) is 7.09. The summed E-state index contributed by atoms with van der Waals surface area (Å²) in [7, 11) is 0. The fourth-order valence-electron chi connectivity index (χ4n) is 2.76. The minimum absolute atomic E-state index is 0.177. The van der Waals surface area contributed by atoms with Crippen LogP contribution in [0.4, 0.5) is 11.4 Å². The molecular formula is C23H27N3O5. The number of nitrogens with zero attached hydrogens (tertiary/aromatic N) is 1. The van der Waals surface area contributed by atoms with Gasteiger partial charge in [-0.1, -0.05) is 6.07 Å². The number of carbonyl (C=O) groups is 4. The molecule has 2 rings (SSSR count). The summed E-state index contributed by atoms with van der Waals surface area (Å²) < 4.78 is 5.12. The molecule has 31 heavy (non-hydrogen) atoms. The summed E-state index contributed by atoms with van der Waals surface area (Å²) in [6.45, 7) is 6.64.